The topological polar surface area (TPSA) is 132 Å². The fourth-order valence-corrected chi connectivity index (χ4v) is 3.76. The lowest BCUT2D eigenvalue weighted by Crippen LogP contribution is -2.13. The number of fused-ring (bicyclic) bond motifs is 2. The SMILES string of the molecule is Cn1ncc(-c2ccc3c(=O)[nH]nc(CN)c3c2)c1/C=C(\C#N)c1ccc2c(c1)OCO2. The van der Waals surface area contributed by atoms with Gasteiger partial charge in [0, 0.05) is 24.5 Å². The molecule has 0 aliphatic carbocycles. The molecule has 5 rings (SSSR count). The zero-order valence-corrected chi connectivity index (χ0v) is 17.1. The smallest absolute Gasteiger partial charge is 0.272 e. The van der Waals surface area contributed by atoms with Gasteiger partial charge in [-0.2, -0.15) is 15.5 Å². The van der Waals surface area contributed by atoms with Gasteiger partial charge in [0.25, 0.3) is 5.56 Å². The third-order valence-electron chi connectivity index (χ3n) is 5.44. The molecule has 0 unspecified atom stereocenters. The van der Waals surface area contributed by atoms with Crippen molar-refractivity contribution in [2.45, 2.75) is 6.54 Å². The molecular formula is C23H18N6O3. The lowest BCUT2D eigenvalue weighted by Gasteiger charge is -2.07. The molecule has 2 aromatic heterocycles. The molecule has 0 saturated heterocycles. The Balaban J connectivity index is 1.63. The molecule has 0 bridgehead atoms. The molecule has 1 aliphatic heterocycles. The molecule has 9 heteroatoms. The Bertz CT molecular complexity index is 1490. The number of rotatable bonds is 4. The molecule has 158 valence electrons. The van der Waals surface area contributed by atoms with Crippen molar-refractivity contribution in [3.8, 4) is 28.7 Å². The average Bonchev–Trinajstić information content (AvgIpc) is 3.43. The van der Waals surface area contributed by atoms with Crippen LogP contribution >= 0.6 is 0 Å². The lowest BCUT2D eigenvalue weighted by molar-refractivity contribution is 0.174. The number of hydrogen-bond donors (Lipinski definition) is 2. The van der Waals surface area contributed by atoms with Gasteiger partial charge in [-0.15, -0.1) is 0 Å². The number of allylic oxidation sites excluding steroid dienone is 1. The van der Waals surface area contributed by atoms with Crippen LogP contribution < -0.4 is 20.8 Å². The Morgan fingerprint density at radius 1 is 1.25 bits per heavy atom. The van der Waals surface area contributed by atoms with Gasteiger partial charge in [-0.05, 0) is 47.5 Å². The minimum atomic E-state index is -0.273. The van der Waals surface area contributed by atoms with Crippen LogP contribution in [0.3, 0.4) is 0 Å². The predicted molar refractivity (Wildman–Crippen MR) is 119 cm³/mol. The summed E-state index contributed by atoms with van der Waals surface area (Å²) < 4.78 is 12.5. The number of aromatic nitrogens is 4. The van der Waals surface area contributed by atoms with E-state index in [2.05, 4.69) is 21.4 Å². The maximum absolute atomic E-state index is 12.1. The van der Waals surface area contributed by atoms with Crippen molar-refractivity contribution in [2.75, 3.05) is 6.79 Å². The number of nitrogens with two attached hydrogens (primary N) is 1. The van der Waals surface area contributed by atoms with E-state index in [4.69, 9.17) is 15.2 Å². The Kier molecular flexibility index (Phi) is 4.69. The second-order valence-corrected chi connectivity index (χ2v) is 7.27. The first-order chi connectivity index (χ1) is 15.6. The maximum atomic E-state index is 12.1. The highest BCUT2D eigenvalue weighted by Crippen LogP contribution is 2.35. The number of H-pyrrole nitrogens is 1. The van der Waals surface area contributed by atoms with Crippen LogP contribution in [0.15, 0.2) is 47.4 Å². The summed E-state index contributed by atoms with van der Waals surface area (Å²) in [5.41, 5.74) is 9.69. The number of nitriles is 1. The van der Waals surface area contributed by atoms with Gasteiger partial charge >= 0.3 is 0 Å². The molecule has 1 aliphatic rings. The summed E-state index contributed by atoms with van der Waals surface area (Å²) in [7, 11) is 1.81. The largest absolute Gasteiger partial charge is 0.454 e. The minimum absolute atomic E-state index is 0.167. The Morgan fingerprint density at radius 2 is 2.09 bits per heavy atom. The number of aryl methyl sites for hydroxylation is 1. The highest BCUT2D eigenvalue weighted by Gasteiger charge is 2.17. The van der Waals surface area contributed by atoms with E-state index >= 15 is 0 Å². The normalized spacial score (nSPS) is 12.8. The second kappa shape index (κ2) is 7.68. The second-order valence-electron chi connectivity index (χ2n) is 7.27. The first-order valence-electron chi connectivity index (χ1n) is 9.84. The van der Waals surface area contributed by atoms with Gasteiger partial charge in [0.05, 0.1) is 34.6 Å². The monoisotopic (exact) mass is 426 g/mol. The van der Waals surface area contributed by atoms with Gasteiger partial charge in [0.1, 0.15) is 0 Å². The minimum Gasteiger partial charge on any atom is -0.454 e. The summed E-state index contributed by atoms with van der Waals surface area (Å²) in [4.78, 5) is 12.1. The predicted octanol–water partition coefficient (Wildman–Crippen LogP) is 2.58. The Morgan fingerprint density at radius 3 is 2.91 bits per heavy atom. The number of hydrogen-bond acceptors (Lipinski definition) is 7. The standard InChI is InChI=1S/C23H18N6O3/c1-29-20(7-15(9-24)13-3-5-21-22(8-13)32-12-31-21)18(11-26-29)14-2-4-16-17(6-14)19(10-25)27-28-23(16)30/h2-8,11H,10,12,25H2,1H3,(H,28,30)/b15-7+. The summed E-state index contributed by atoms with van der Waals surface area (Å²) in [6.45, 7) is 0.361. The van der Waals surface area contributed by atoms with E-state index in [-0.39, 0.29) is 18.9 Å². The van der Waals surface area contributed by atoms with Gasteiger partial charge in [-0.25, -0.2) is 5.10 Å². The first kappa shape index (κ1) is 19.5. The summed E-state index contributed by atoms with van der Waals surface area (Å²) >= 11 is 0. The summed E-state index contributed by atoms with van der Waals surface area (Å²) in [6, 6.07) is 13.1. The van der Waals surface area contributed by atoms with Gasteiger partial charge in [-0.3, -0.25) is 9.48 Å². The molecule has 0 saturated carbocycles. The first-order valence-corrected chi connectivity index (χ1v) is 9.84. The average molecular weight is 426 g/mol. The van der Waals surface area contributed by atoms with Crippen LogP contribution in [0, 0.1) is 11.3 Å². The molecule has 4 aromatic rings. The van der Waals surface area contributed by atoms with Crippen molar-refractivity contribution in [3.63, 3.8) is 0 Å². The highest BCUT2D eigenvalue weighted by atomic mass is 16.7. The van der Waals surface area contributed by atoms with Gasteiger partial charge in [0.15, 0.2) is 11.5 Å². The van der Waals surface area contributed by atoms with Crippen molar-refractivity contribution < 1.29 is 9.47 Å². The van der Waals surface area contributed by atoms with Crippen LogP contribution in [0.25, 0.3) is 33.5 Å². The lowest BCUT2D eigenvalue weighted by atomic mass is 9.99. The highest BCUT2D eigenvalue weighted by molar-refractivity contribution is 5.94. The van der Waals surface area contributed by atoms with Crippen LogP contribution in [-0.2, 0) is 13.6 Å². The van der Waals surface area contributed by atoms with Crippen LogP contribution in [0.1, 0.15) is 17.0 Å². The molecule has 0 atom stereocenters. The van der Waals surface area contributed by atoms with Crippen LogP contribution in [-0.4, -0.2) is 26.8 Å². The van der Waals surface area contributed by atoms with E-state index in [1.165, 1.54) is 0 Å². The number of nitrogens with one attached hydrogen (secondary N) is 1. The zero-order chi connectivity index (χ0) is 22.2. The van der Waals surface area contributed by atoms with E-state index in [1.807, 2.05) is 25.2 Å². The van der Waals surface area contributed by atoms with Gasteiger partial charge in [0.2, 0.25) is 6.79 Å². The maximum Gasteiger partial charge on any atom is 0.272 e. The third-order valence-corrected chi connectivity index (χ3v) is 5.44. The molecule has 32 heavy (non-hydrogen) atoms. The number of nitrogens with zero attached hydrogens (tertiary/aromatic N) is 4. The number of ether oxygens (including phenoxy) is 2. The fourth-order valence-electron chi connectivity index (χ4n) is 3.76. The van der Waals surface area contributed by atoms with Crippen LogP contribution in [0.2, 0.25) is 0 Å². The van der Waals surface area contributed by atoms with Crippen molar-refractivity contribution >= 4 is 22.4 Å². The van der Waals surface area contributed by atoms with E-state index < -0.39 is 0 Å². The fraction of sp³-hybridized carbons (Fsp3) is 0.130. The summed E-state index contributed by atoms with van der Waals surface area (Å²) in [5, 5.41) is 21.9. The molecule has 9 nitrogen and oxygen atoms in total. The molecule has 3 heterocycles. The Hall–Kier alpha value is -4.42. The number of benzene rings is 2. The quantitative estimate of drug-likeness (QED) is 0.479. The van der Waals surface area contributed by atoms with E-state index in [9.17, 15) is 10.1 Å². The van der Waals surface area contributed by atoms with Gasteiger partial charge < -0.3 is 15.2 Å². The molecule has 0 radical (unpaired) electrons. The molecule has 0 fully saturated rings. The van der Waals surface area contributed by atoms with Crippen molar-refractivity contribution in [1.82, 2.24) is 20.0 Å². The van der Waals surface area contributed by atoms with Crippen molar-refractivity contribution in [3.05, 3.63) is 69.9 Å². The van der Waals surface area contributed by atoms with Crippen LogP contribution in [0.4, 0.5) is 0 Å². The molecular weight excluding hydrogens is 408 g/mol. The van der Waals surface area contributed by atoms with Crippen molar-refractivity contribution in [1.29, 1.82) is 5.26 Å². The third kappa shape index (κ3) is 3.19. The zero-order valence-electron chi connectivity index (χ0n) is 17.1. The van der Waals surface area contributed by atoms with Crippen molar-refractivity contribution in [2.24, 2.45) is 12.8 Å². The van der Waals surface area contributed by atoms with Crippen LogP contribution in [0.5, 0.6) is 11.5 Å². The van der Waals surface area contributed by atoms with Gasteiger partial charge in [-0.1, -0.05) is 6.07 Å². The molecule has 0 spiro atoms. The summed E-state index contributed by atoms with van der Waals surface area (Å²) in [5.74, 6) is 1.26. The molecule has 0 amide bonds. The Labute approximate surface area is 182 Å². The van der Waals surface area contributed by atoms with E-state index in [0.29, 0.717) is 39.1 Å². The molecule has 2 aromatic carbocycles. The van der Waals surface area contributed by atoms with E-state index in [0.717, 1.165) is 16.8 Å². The van der Waals surface area contributed by atoms with E-state index in [1.54, 1.807) is 35.2 Å². The summed E-state index contributed by atoms with van der Waals surface area (Å²) in [6.07, 6.45) is 3.51. The number of aromatic amines is 1. The molecule has 3 N–H and O–H groups in total.